The first kappa shape index (κ1) is 14.3. The molecule has 6 heteroatoms. The van der Waals surface area contributed by atoms with Crippen molar-refractivity contribution in [3.05, 3.63) is 22.9 Å². The quantitative estimate of drug-likeness (QED) is 0.865. The van der Waals surface area contributed by atoms with Crippen molar-refractivity contribution < 1.29 is 14.7 Å². The van der Waals surface area contributed by atoms with E-state index in [9.17, 15) is 14.7 Å². The molecule has 1 aliphatic heterocycles. The van der Waals surface area contributed by atoms with Gasteiger partial charge >= 0.3 is 5.97 Å². The molecule has 1 amide bonds. The molecule has 0 aliphatic carbocycles. The summed E-state index contributed by atoms with van der Waals surface area (Å²) < 4.78 is 0. The fourth-order valence-corrected chi connectivity index (χ4v) is 2.75. The van der Waals surface area contributed by atoms with Crippen LogP contribution < -0.4 is 10.2 Å². The highest BCUT2D eigenvalue weighted by Gasteiger charge is 2.34. The number of nitrogens with zero attached hydrogens (tertiary/aromatic N) is 2. The van der Waals surface area contributed by atoms with Crippen molar-refractivity contribution in [1.29, 1.82) is 0 Å². The number of carboxylic acids is 1. The summed E-state index contributed by atoms with van der Waals surface area (Å²) in [5.41, 5.74) is 1.61. The van der Waals surface area contributed by atoms with Crippen LogP contribution in [0.25, 0.3) is 0 Å². The first-order chi connectivity index (χ1) is 9.45. The number of hydrogen-bond donors (Lipinski definition) is 2. The lowest BCUT2D eigenvalue weighted by atomic mass is 10.1. The van der Waals surface area contributed by atoms with Crippen LogP contribution >= 0.6 is 0 Å². The van der Waals surface area contributed by atoms with Gasteiger partial charge in [0, 0.05) is 19.3 Å². The lowest BCUT2D eigenvalue weighted by Crippen LogP contribution is -2.43. The van der Waals surface area contributed by atoms with Crippen LogP contribution in [0.3, 0.4) is 0 Å². The average molecular weight is 277 g/mol. The molecule has 1 fully saturated rings. The fraction of sp³-hybridized carbons (Fsp3) is 0.500. The van der Waals surface area contributed by atoms with Gasteiger partial charge in [-0.05, 0) is 38.3 Å². The summed E-state index contributed by atoms with van der Waals surface area (Å²) in [6, 6.07) is 1.41. The third-order valence-electron chi connectivity index (χ3n) is 3.61. The minimum absolute atomic E-state index is 0.0974. The van der Waals surface area contributed by atoms with Gasteiger partial charge in [-0.25, -0.2) is 9.78 Å². The van der Waals surface area contributed by atoms with Gasteiger partial charge in [0.15, 0.2) is 0 Å². The highest BCUT2D eigenvalue weighted by Crippen LogP contribution is 2.29. The van der Waals surface area contributed by atoms with E-state index in [-0.39, 0.29) is 17.5 Å². The van der Waals surface area contributed by atoms with E-state index in [0.717, 1.165) is 12.1 Å². The van der Waals surface area contributed by atoms with Crippen molar-refractivity contribution in [2.24, 2.45) is 0 Å². The van der Waals surface area contributed by atoms with E-state index in [0.29, 0.717) is 24.3 Å². The summed E-state index contributed by atoms with van der Waals surface area (Å²) in [5, 5.41) is 12.0. The Bertz CT molecular complexity index is 557. The Balaban J connectivity index is 2.51. The first-order valence-electron chi connectivity index (χ1n) is 6.65. The number of pyridine rings is 1. The van der Waals surface area contributed by atoms with Gasteiger partial charge in [-0.3, -0.25) is 4.79 Å². The third-order valence-corrected chi connectivity index (χ3v) is 3.61. The van der Waals surface area contributed by atoms with Gasteiger partial charge in [-0.2, -0.15) is 0 Å². The van der Waals surface area contributed by atoms with Crippen LogP contribution in [0.2, 0.25) is 0 Å². The van der Waals surface area contributed by atoms with E-state index >= 15 is 0 Å². The summed E-state index contributed by atoms with van der Waals surface area (Å²) in [4.78, 5) is 29.6. The molecule has 2 heterocycles. The SMILES string of the molecule is CNC(=O)C1CCCN1c1nc(C)cc(C)c1C(=O)O. The molecule has 1 aliphatic rings. The number of anilines is 1. The second kappa shape index (κ2) is 5.48. The number of carbonyl (C=O) groups is 2. The second-order valence-electron chi connectivity index (χ2n) is 5.05. The summed E-state index contributed by atoms with van der Waals surface area (Å²) in [7, 11) is 1.59. The molecular formula is C14H19N3O3. The molecule has 0 spiro atoms. The summed E-state index contributed by atoms with van der Waals surface area (Å²) in [6.45, 7) is 4.23. The Hall–Kier alpha value is -2.11. The van der Waals surface area contributed by atoms with Crippen molar-refractivity contribution >= 4 is 17.7 Å². The van der Waals surface area contributed by atoms with Gasteiger partial charge in [0.05, 0.1) is 0 Å². The summed E-state index contributed by atoms with van der Waals surface area (Å²) in [6.07, 6.45) is 1.57. The van der Waals surface area contributed by atoms with Crippen molar-refractivity contribution in [2.45, 2.75) is 32.7 Å². The van der Waals surface area contributed by atoms with Gasteiger partial charge in [-0.15, -0.1) is 0 Å². The lowest BCUT2D eigenvalue weighted by Gasteiger charge is -2.26. The molecule has 1 saturated heterocycles. The van der Waals surface area contributed by atoms with E-state index in [1.54, 1.807) is 20.0 Å². The number of aryl methyl sites for hydroxylation is 2. The van der Waals surface area contributed by atoms with Gasteiger partial charge in [0.2, 0.25) is 5.91 Å². The van der Waals surface area contributed by atoms with Crippen LogP contribution in [0.15, 0.2) is 6.07 Å². The van der Waals surface area contributed by atoms with Gasteiger partial charge in [0.1, 0.15) is 17.4 Å². The molecule has 20 heavy (non-hydrogen) atoms. The van der Waals surface area contributed by atoms with Crippen molar-refractivity contribution in [3.63, 3.8) is 0 Å². The van der Waals surface area contributed by atoms with E-state index in [2.05, 4.69) is 10.3 Å². The number of carbonyl (C=O) groups excluding carboxylic acids is 1. The second-order valence-corrected chi connectivity index (χ2v) is 5.05. The predicted molar refractivity (Wildman–Crippen MR) is 75.1 cm³/mol. The molecule has 0 radical (unpaired) electrons. The Kier molecular flexibility index (Phi) is 3.92. The predicted octanol–water partition coefficient (Wildman–Crippen LogP) is 1.11. The van der Waals surface area contributed by atoms with E-state index in [1.807, 2.05) is 11.8 Å². The van der Waals surface area contributed by atoms with Crippen molar-refractivity contribution in [3.8, 4) is 0 Å². The molecule has 2 N–H and O–H groups in total. The summed E-state index contributed by atoms with van der Waals surface area (Å²) in [5.74, 6) is -0.701. The molecule has 2 rings (SSSR count). The standard InChI is InChI=1S/C14H19N3O3/c1-8-7-9(2)16-12(11(8)14(19)20)17-6-4-5-10(17)13(18)15-3/h7,10H,4-6H2,1-3H3,(H,15,18)(H,19,20). The smallest absolute Gasteiger partial charge is 0.339 e. The molecule has 6 nitrogen and oxygen atoms in total. The van der Waals surface area contributed by atoms with Crippen molar-refractivity contribution in [2.75, 3.05) is 18.5 Å². The lowest BCUT2D eigenvalue weighted by molar-refractivity contribution is -0.121. The van der Waals surface area contributed by atoms with Crippen LogP contribution in [0.4, 0.5) is 5.82 Å². The molecule has 108 valence electrons. The van der Waals surface area contributed by atoms with Gasteiger partial charge in [-0.1, -0.05) is 0 Å². The van der Waals surface area contributed by atoms with Crippen LogP contribution in [0, 0.1) is 13.8 Å². The largest absolute Gasteiger partial charge is 0.478 e. The number of aromatic nitrogens is 1. The molecule has 0 saturated carbocycles. The van der Waals surface area contributed by atoms with E-state index < -0.39 is 5.97 Å². The zero-order valence-corrected chi connectivity index (χ0v) is 11.9. The zero-order chi connectivity index (χ0) is 14.9. The Morgan fingerprint density at radius 3 is 2.75 bits per heavy atom. The fourth-order valence-electron chi connectivity index (χ4n) is 2.75. The van der Waals surface area contributed by atoms with Crippen LogP contribution in [-0.4, -0.2) is 41.6 Å². The van der Waals surface area contributed by atoms with Gasteiger partial charge < -0.3 is 15.3 Å². The van der Waals surface area contributed by atoms with Crippen LogP contribution in [0.5, 0.6) is 0 Å². The molecule has 1 unspecified atom stereocenters. The number of aromatic carboxylic acids is 1. The highest BCUT2D eigenvalue weighted by molar-refractivity contribution is 5.96. The number of likely N-dealkylation sites (N-methyl/N-ethyl adjacent to an activating group) is 1. The van der Waals surface area contributed by atoms with Gasteiger partial charge in [0.25, 0.3) is 0 Å². The summed E-state index contributed by atoms with van der Waals surface area (Å²) >= 11 is 0. The van der Waals surface area contributed by atoms with E-state index in [4.69, 9.17) is 0 Å². The average Bonchev–Trinajstić information content (AvgIpc) is 2.85. The molecule has 0 aromatic carbocycles. The number of amides is 1. The number of carboxylic acid groups (broad SMARTS) is 1. The van der Waals surface area contributed by atoms with Crippen LogP contribution in [-0.2, 0) is 4.79 Å². The Morgan fingerprint density at radius 1 is 1.45 bits per heavy atom. The highest BCUT2D eigenvalue weighted by atomic mass is 16.4. The minimum Gasteiger partial charge on any atom is -0.478 e. The number of nitrogens with one attached hydrogen (secondary N) is 1. The Labute approximate surface area is 117 Å². The molecule has 0 bridgehead atoms. The maximum Gasteiger partial charge on any atom is 0.339 e. The van der Waals surface area contributed by atoms with E-state index in [1.165, 1.54) is 0 Å². The monoisotopic (exact) mass is 277 g/mol. The first-order valence-corrected chi connectivity index (χ1v) is 6.65. The molecule has 1 aromatic heterocycles. The Morgan fingerprint density at radius 2 is 2.15 bits per heavy atom. The molecule has 1 aromatic rings. The topological polar surface area (TPSA) is 82.5 Å². The van der Waals surface area contributed by atoms with Crippen LogP contribution in [0.1, 0.15) is 34.5 Å². The number of hydrogen-bond acceptors (Lipinski definition) is 4. The van der Waals surface area contributed by atoms with Crippen molar-refractivity contribution in [1.82, 2.24) is 10.3 Å². The molecule has 1 atom stereocenters. The zero-order valence-electron chi connectivity index (χ0n) is 11.9. The maximum absolute atomic E-state index is 11.9. The maximum atomic E-state index is 11.9. The minimum atomic E-state index is -1.01. The molecular weight excluding hydrogens is 258 g/mol. The third kappa shape index (κ3) is 2.45. The number of rotatable bonds is 3. The normalized spacial score (nSPS) is 18.1.